The van der Waals surface area contributed by atoms with Crippen molar-refractivity contribution in [3.8, 4) is 5.82 Å². The molecule has 1 aliphatic heterocycles. The predicted molar refractivity (Wildman–Crippen MR) is 105 cm³/mol. The van der Waals surface area contributed by atoms with E-state index in [2.05, 4.69) is 5.16 Å². The van der Waals surface area contributed by atoms with Gasteiger partial charge in [0.25, 0.3) is 0 Å². The van der Waals surface area contributed by atoms with Crippen LogP contribution in [0, 0.1) is 11.7 Å². The Hall–Kier alpha value is -3.20. The van der Waals surface area contributed by atoms with E-state index in [-0.39, 0.29) is 29.5 Å². The molecule has 0 bridgehead atoms. The molecule has 2 N–H and O–H groups in total. The van der Waals surface area contributed by atoms with Gasteiger partial charge in [0, 0.05) is 31.4 Å². The number of carbonyl (C=O) groups is 1. The van der Waals surface area contributed by atoms with Crippen LogP contribution in [-0.4, -0.2) is 41.4 Å². The molecule has 2 atom stereocenters. The number of nitrogens with two attached hydrogens (primary N) is 1. The van der Waals surface area contributed by atoms with E-state index >= 15 is 0 Å². The molecule has 4 rings (SSSR count). The van der Waals surface area contributed by atoms with E-state index in [1.165, 1.54) is 17.0 Å². The summed E-state index contributed by atoms with van der Waals surface area (Å²) in [6.07, 6.45) is 2.72. The van der Waals surface area contributed by atoms with Gasteiger partial charge in [-0.2, -0.15) is 0 Å². The number of halogens is 1. The van der Waals surface area contributed by atoms with Crippen molar-refractivity contribution in [2.24, 2.45) is 11.7 Å². The lowest BCUT2D eigenvalue weighted by Gasteiger charge is -2.20. The van der Waals surface area contributed by atoms with E-state index in [1.807, 2.05) is 11.8 Å². The number of anilines is 1. The molecule has 0 amide bonds. The van der Waals surface area contributed by atoms with Gasteiger partial charge in [0.05, 0.1) is 23.2 Å². The highest BCUT2D eigenvalue weighted by Gasteiger charge is 2.29. The molecule has 0 unspecified atom stereocenters. The first-order valence-corrected chi connectivity index (χ1v) is 9.38. The normalized spacial score (nSPS) is 19.1. The van der Waals surface area contributed by atoms with Crippen LogP contribution in [0.1, 0.15) is 24.2 Å². The molecule has 0 aliphatic carbocycles. The van der Waals surface area contributed by atoms with Crippen LogP contribution in [0.4, 0.5) is 10.1 Å². The summed E-state index contributed by atoms with van der Waals surface area (Å²) in [5, 5.41) is 3.95. The van der Waals surface area contributed by atoms with Gasteiger partial charge in [0.15, 0.2) is 5.82 Å². The third kappa shape index (κ3) is 3.27. The van der Waals surface area contributed by atoms with Crippen molar-refractivity contribution in [1.29, 1.82) is 0 Å². The average Bonchev–Trinajstić information content (AvgIpc) is 3.33. The zero-order chi connectivity index (χ0) is 20.7. The van der Waals surface area contributed by atoms with E-state index in [0.29, 0.717) is 30.1 Å². The molecular formula is C20H21FN4O4. The van der Waals surface area contributed by atoms with E-state index in [1.54, 1.807) is 19.1 Å². The summed E-state index contributed by atoms with van der Waals surface area (Å²) in [7, 11) is 0. The Morgan fingerprint density at radius 2 is 2.21 bits per heavy atom. The highest BCUT2D eigenvalue weighted by atomic mass is 19.1. The van der Waals surface area contributed by atoms with Gasteiger partial charge in [-0.3, -0.25) is 9.36 Å². The van der Waals surface area contributed by atoms with Gasteiger partial charge in [0.1, 0.15) is 17.6 Å². The fourth-order valence-electron chi connectivity index (χ4n) is 3.64. The number of hydrogen-bond donors (Lipinski definition) is 1. The Kier molecular flexibility index (Phi) is 4.83. The fourth-order valence-corrected chi connectivity index (χ4v) is 3.64. The molecule has 3 heterocycles. The van der Waals surface area contributed by atoms with E-state index in [0.717, 1.165) is 6.07 Å². The lowest BCUT2D eigenvalue weighted by atomic mass is 10.1. The third-order valence-corrected chi connectivity index (χ3v) is 5.25. The number of pyridine rings is 1. The van der Waals surface area contributed by atoms with Gasteiger partial charge < -0.3 is 19.9 Å². The minimum Gasteiger partial charge on any atom is -0.462 e. The van der Waals surface area contributed by atoms with Crippen molar-refractivity contribution in [3.63, 3.8) is 0 Å². The summed E-state index contributed by atoms with van der Waals surface area (Å²) >= 11 is 0. The zero-order valence-electron chi connectivity index (χ0n) is 16.1. The number of aromatic nitrogens is 2. The Labute approximate surface area is 165 Å². The van der Waals surface area contributed by atoms with Gasteiger partial charge in [-0.25, -0.2) is 9.18 Å². The standard InChI is InChI=1S/C20H21FN4O4/c1-3-28-20(27)13-9-25(18-4-5-29-23-18)16-7-17(14(21)6-12(16)19(13)26)24-8-11(2)15(22)10-24/h4-7,9,11,15H,3,8,10,22H2,1-2H3/t11-,15+/m0/s1. The van der Waals surface area contributed by atoms with Crippen molar-refractivity contribution in [1.82, 2.24) is 9.72 Å². The highest BCUT2D eigenvalue weighted by molar-refractivity contribution is 5.95. The number of carbonyl (C=O) groups excluding carboxylic acids is 1. The van der Waals surface area contributed by atoms with Gasteiger partial charge in [0.2, 0.25) is 5.43 Å². The Bertz CT molecular complexity index is 1120. The van der Waals surface area contributed by atoms with Gasteiger partial charge in [-0.15, -0.1) is 0 Å². The molecule has 29 heavy (non-hydrogen) atoms. The van der Waals surface area contributed by atoms with Gasteiger partial charge >= 0.3 is 5.97 Å². The highest BCUT2D eigenvalue weighted by Crippen LogP contribution is 2.30. The Morgan fingerprint density at radius 3 is 2.83 bits per heavy atom. The number of rotatable bonds is 4. The first kappa shape index (κ1) is 19.1. The molecule has 8 nitrogen and oxygen atoms in total. The topological polar surface area (TPSA) is 104 Å². The summed E-state index contributed by atoms with van der Waals surface area (Å²) in [5.41, 5.74) is 6.03. The maximum absolute atomic E-state index is 15.0. The molecule has 0 saturated carbocycles. The predicted octanol–water partition coefficient (Wildman–Crippen LogP) is 2.08. The third-order valence-electron chi connectivity index (χ3n) is 5.25. The molecule has 1 aromatic carbocycles. The van der Waals surface area contributed by atoms with E-state index in [4.69, 9.17) is 15.0 Å². The molecular weight excluding hydrogens is 379 g/mol. The summed E-state index contributed by atoms with van der Waals surface area (Å²) in [6.45, 7) is 4.89. The van der Waals surface area contributed by atoms with Crippen LogP contribution >= 0.6 is 0 Å². The van der Waals surface area contributed by atoms with Gasteiger partial charge in [-0.1, -0.05) is 12.1 Å². The van der Waals surface area contributed by atoms with Crippen LogP contribution in [-0.2, 0) is 4.74 Å². The monoisotopic (exact) mass is 400 g/mol. The van der Waals surface area contributed by atoms with Crippen molar-refractivity contribution in [2.45, 2.75) is 19.9 Å². The summed E-state index contributed by atoms with van der Waals surface area (Å²) < 4.78 is 26.4. The Balaban J connectivity index is 1.96. The quantitative estimate of drug-likeness (QED) is 0.669. The SMILES string of the molecule is CCOC(=O)c1cn(-c2ccon2)c2cc(N3C[C@@H](N)[C@@H](C)C3)c(F)cc2c1=O. The van der Waals surface area contributed by atoms with Gasteiger partial charge in [-0.05, 0) is 25.0 Å². The zero-order valence-corrected chi connectivity index (χ0v) is 16.1. The second-order valence-electron chi connectivity index (χ2n) is 7.19. The number of esters is 1. The molecule has 1 fully saturated rings. The number of ether oxygens (including phenoxy) is 1. The van der Waals surface area contributed by atoms with Crippen molar-refractivity contribution in [3.05, 3.63) is 52.3 Å². The van der Waals surface area contributed by atoms with E-state index in [9.17, 15) is 14.0 Å². The first-order valence-electron chi connectivity index (χ1n) is 9.38. The molecule has 9 heteroatoms. The van der Waals surface area contributed by atoms with Crippen LogP contribution in [0.5, 0.6) is 0 Å². The molecule has 3 aromatic rings. The van der Waals surface area contributed by atoms with Crippen LogP contribution in [0.3, 0.4) is 0 Å². The lowest BCUT2D eigenvalue weighted by molar-refractivity contribution is 0.0524. The summed E-state index contributed by atoms with van der Waals surface area (Å²) in [5.74, 6) is -0.761. The van der Waals surface area contributed by atoms with Crippen molar-refractivity contribution in [2.75, 3.05) is 24.6 Å². The lowest BCUT2D eigenvalue weighted by Crippen LogP contribution is -2.29. The molecule has 1 aliphatic rings. The van der Waals surface area contributed by atoms with Crippen molar-refractivity contribution < 1.29 is 18.4 Å². The number of benzene rings is 1. The maximum atomic E-state index is 15.0. The minimum absolute atomic E-state index is 0.0522. The molecule has 0 spiro atoms. The molecule has 1 saturated heterocycles. The minimum atomic E-state index is -0.777. The van der Waals surface area contributed by atoms with Crippen LogP contribution < -0.4 is 16.1 Å². The molecule has 2 aromatic heterocycles. The smallest absolute Gasteiger partial charge is 0.343 e. The summed E-state index contributed by atoms with van der Waals surface area (Å²) in [6, 6.07) is 4.26. The number of hydrogen-bond acceptors (Lipinski definition) is 7. The second kappa shape index (κ2) is 7.32. The number of nitrogens with zero attached hydrogens (tertiary/aromatic N) is 3. The molecule has 0 radical (unpaired) electrons. The first-order chi connectivity index (χ1) is 13.9. The fraction of sp³-hybridized carbons (Fsp3) is 0.350. The largest absolute Gasteiger partial charge is 0.462 e. The number of fused-ring (bicyclic) bond motifs is 1. The molecule has 152 valence electrons. The second-order valence-corrected chi connectivity index (χ2v) is 7.19. The average molecular weight is 400 g/mol. The summed E-state index contributed by atoms with van der Waals surface area (Å²) in [4.78, 5) is 27.0. The van der Waals surface area contributed by atoms with E-state index < -0.39 is 17.2 Å². The van der Waals surface area contributed by atoms with Crippen molar-refractivity contribution >= 4 is 22.6 Å². The Morgan fingerprint density at radius 1 is 1.41 bits per heavy atom. The van der Waals surface area contributed by atoms with Crippen LogP contribution in [0.15, 0.2) is 40.0 Å². The maximum Gasteiger partial charge on any atom is 0.343 e. The van der Waals surface area contributed by atoms with Crippen LogP contribution in [0.25, 0.3) is 16.7 Å². The van der Waals surface area contributed by atoms with Crippen LogP contribution in [0.2, 0.25) is 0 Å².